The first kappa shape index (κ1) is 31.6. The van der Waals surface area contributed by atoms with Gasteiger partial charge in [-0.1, -0.05) is 32.6 Å². The molecule has 0 saturated carbocycles. The molecular formula is C26H32F8N2O2. The Morgan fingerprint density at radius 1 is 0.763 bits per heavy atom. The molecule has 12 heteroatoms. The fourth-order valence-corrected chi connectivity index (χ4v) is 3.48. The van der Waals surface area contributed by atoms with Crippen LogP contribution in [0.2, 0.25) is 0 Å². The fourth-order valence-electron chi connectivity index (χ4n) is 3.48. The normalized spacial score (nSPS) is 13.4. The van der Waals surface area contributed by atoms with Crippen molar-refractivity contribution in [3.05, 3.63) is 36.7 Å². The summed E-state index contributed by atoms with van der Waals surface area (Å²) in [5.41, 5.74) is 0.678. The molecule has 0 spiro atoms. The summed E-state index contributed by atoms with van der Waals surface area (Å²) in [5.74, 6) is -10.1. The van der Waals surface area contributed by atoms with Crippen LogP contribution in [0.15, 0.2) is 36.7 Å². The summed E-state index contributed by atoms with van der Waals surface area (Å²) in [6.07, 6.45) is -2.05. The van der Waals surface area contributed by atoms with Crippen molar-refractivity contribution in [2.45, 2.75) is 88.9 Å². The van der Waals surface area contributed by atoms with Gasteiger partial charge in [-0.15, -0.1) is 0 Å². The van der Waals surface area contributed by atoms with Crippen molar-refractivity contribution < 1.29 is 44.6 Å². The van der Waals surface area contributed by atoms with Gasteiger partial charge in [0.1, 0.15) is 18.5 Å². The summed E-state index contributed by atoms with van der Waals surface area (Å²) >= 11 is 0. The van der Waals surface area contributed by atoms with E-state index in [1.54, 1.807) is 24.3 Å². The lowest BCUT2D eigenvalue weighted by Gasteiger charge is -2.28. The van der Waals surface area contributed by atoms with Gasteiger partial charge < -0.3 is 9.47 Å². The predicted molar refractivity (Wildman–Crippen MR) is 127 cm³/mol. The number of rotatable bonds is 17. The van der Waals surface area contributed by atoms with Crippen molar-refractivity contribution in [2.75, 3.05) is 13.2 Å². The maximum atomic E-state index is 13.9. The Morgan fingerprint density at radius 3 is 2.00 bits per heavy atom. The van der Waals surface area contributed by atoms with E-state index in [0.717, 1.165) is 25.7 Å². The van der Waals surface area contributed by atoms with Crippen LogP contribution >= 0.6 is 0 Å². The highest BCUT2D eigenvalue weighted by Crippen LogP contribution is 2.48. The third-order valence-corrected chi connectivity index (χ3v) is 5.76. The van der Waals surface area contributed by atoms with Crippen molar-refractivity contribution in [2.24, 2.45) is 0 Å². The molecule has 4 nitrogen and oxygen atoms in total. The highest BCUT2D eigenvalue weighted by atomic mass is 19.4. The molecule has 0 aliphatic carbocycles. The Balaban J connectivity index is 1.71. The number of unbranched alkanes of at least 4 members (excludes halogenated alkanes) is 5. The molecule has 38 heavy (non-hydrogen) atoms. The average molecular weight is 557 g/mol. The Bertz CT molecular complexity index is 938. The van der Waals surface area contributed by atoms with Crippen LogP contribution < -0.4 is 9.47 Å². The predicted octanol–water partition coefficient (Wildman–Crippen LogP) is 8.60. The van der Waals surface area contributed by atoms with Crippen molar-refractivity contribution in [1.29, 1.82) is 0 Å². The molecular weight excluding hydrogens is 524 g/mol. The summed E-state index contributed by atoms with van der Waals surface area (Å²) in [6, 6.07) is 6.80. The molecule has 1 aromatic carbocycles. The van der Waals surface area contributed by atoms with E-state index >= 15 is 0 Å². The van der Waals surface area contributed by atoms with Gasteiger partial charge in [-0.25, -0.2) is 14.4 Å². The molecule has 0 amide bonds. The number of halogens is 8. The van der Waals surface area contributed by atoms with E-state index in [2.05, 4.69) is 16.9 Å². The Hall–Kier alpha value is -2.66. The highest BCUT2D eigenvalue weighted by molar-refractivity contribution is 5.56. The summed E-state index contributed by atoms with van der Waals surface area (Å²) in [6.45, 7) is 2.10. The molecule has 0 saturated heterocycles. The third-order valence-electron chi connectivity index (χ3n) is 5.76. The number of nitrogens with zero attached hydrogens (tertiary/aromatic N) is 2. The lowest BCUT2D eigenvalue weighted by Crippen LogP contribution is -2.51. The zero-order valence-electron chi connectivity index (χ0n) is 21.1. The maximum Gasteiger partial charge on any atom is 0.459 e. The first-order chi connectivity index (χ1) is 17.9. The molecule has 0 aliphatic rings. The van der Waals surface area contributed by atoms with Gasteiger partial charge in [-0.3, -0.25) is 0 Å². The van der Waals surface area contributed by atoms with E-state index in [1.807, 2.05) is 0 Å². The molecule has 0 aliphatic heterocycles. The van der Waals surface area contributed by atoms with E-state index in [9.17, 15) is 35.1 Å². The van der Waals surface area contributed by atoms with Gasteiger partial charge in [0.25, 0.3) is 0 Å². The zero-order chi connectivity index (χ0) is 28.2. The van der Waals surface area contributed by atoms with Gasteiger partial charge in [0, 0.05) is 12.0 Å². The molecule has 214 valence electrons. The van der Waals surface area contributed by atoms with Gasteiger partial charge in [-0.05, 0) is 49.9 Å². The second-order valence-electron chi connectivity index (χ2n) is 8.96. The van der Waals surface area contributed by atoms with Gasteiger partial charge in [-0.2, -0.15) is 30.7 Å². The lowest BCUT2D eigenvalue weighted by molar-refractivity contribution is -0.355. The smallest absolute Gasteiger partial charge is 0.459 e. The maximum absolute atomic E-state index is 13.9. The van der Waals surface area contributed by atoms with E-state index in [4.69, 9.17) is 9.47 Å². The van der Waals surface area contributed by atoms with Gasteiger partial charge in [0.2, 0.25) is 0 Å². The molecule has 0 fully saturated rings. The van der Waals surface area contributed by atoms with Gasteiger partial charge in [0.05, 0.1) is 19.0 Å². The summed E-state index contributed by atoms with van der Waals surface area (Å²) in [7, 11) is 0. The van der Waals surface area contributed by atoms with Gasteiger partial charge >= 0.3 is 18.0 Å². The first-order valence-electron chi connectivity index (χ1n) is 12.5. The molecule has 0 bridgehead atoms. The molecule has 1 aromatic heterocycles. The van der Waals surface area contributed by atoms with Crippen LogP contribution in [-0.4, -0.2) is 47.4 Å². The molecule has 2 aromatic rings. The second-order valence-corrected chi connectivity index (χ2v) is 8.96. The average Bonchev–Trinajstić information content (AvgIpc) is 2.87. The quantitative estimate of drug-likeness (QED) is 0.145. The molecule has 0 unspecified atom stereocenters. The Kier molecular flexibility index (Phi) is 12.0. The van der Waals surface area contributed by atoms with Crippen LogP contribution in [0.3, 0.4) is 0 Å². The highest BCUT2D eigenvalue weighted by Gasteiger charge is 2.72. The number of hydrogen-bond donors (Lipinski definition) is 0. The van der Waals surface area contributed by atoms with Crippen molar-refractivity contribution in [1.82, 2.24) is 9.97 Å². The topological polar surface area (TPSA) is 44.2 Å². The minimum absolute atomic E-state index is 0.0174. The Morgan fingerprint density at radius 2 is 1.39 bits per heavy atom. The monoisotopic (exact) mass is 556 g/mol. The summed E-state index contributed by atoms with van der Waals surface area (Å²) < 4.78 is 113. The summed E-state index contributed by atoms with van der Waals surface area (Å²) in [4.78, 5) is 8.35. The molecule has 1 atom stereocenters. The van der Waals surface area contributed by atoms with Crippen LogP contribution in [0.1, 0.15) is 64.7 Å². The number of hydrogen-bond acceptors (Lipinski definition) is 4. The fraction of sp³-hybridized carbons (Fsp3) is 0.615. The number of alkyl halides is 8. The third kappa shape index (κ3) is 9.58. The van der Waals surface area contributed by atoms with Crippen molar-refractivity contribution >= 4 is 0 Å². The van der Waals surface area contributed by atoms with Crippen LogP contribution in [0.5, 0.6) is 11.5 Å². The van der Waals surface area contributed by atoms with E-state index < -0.39 is 37.0 Å². The van der Waals surface area contributed by atoms with Crippen LogP contribution in [0.4, 0.5) is 35.1 Å². The lowest BCUT2D eigenvalue weighted by atomic mass is 10.0. The minimum Gasteiger partial charge on any atom is -0.491 e. The zero-order valence-corrected chi connectivity index (χ0v) is 21.1. The van der Waals surface area contributed by atoms with Crippen LogP contribution in [-0.2, 0) is 0 Å². The molecule has 0 N–H and O–H groups in total. The first-order valence-corrected chi connectivity index (χ1v) is 12.5. The largest absolute Gasteiger partial charge is 0.491 e. The minimum atomic E-state index is -6.31. The number of benzene rings is 1. The van der Waals surface area contributed by atoms with E-state index in [1.165, 1.54) is 12.4 Å². The Labute approximate surface area is 216 Å². The van der Waals surface area contributed by atoms with Crippen LogP contribution in [0, 0.1) is 0 Å². The number of ether oxygens (including phenoxy) is 2. The van der Waals surface area contributed by atoms with Crippen molar-refractivity contribution in [3.8, 4) is 22.9 Å². The SMILES string of the molecule is CCCCCC[C@H](F)COc1ccc(-c2ncc(OCCCCCC(F)(F)C(F)(F)C(F)(F)F)cn2)cc1. The molecule has 1 heterocycles. The summed E-state index contributed by atoms with van der Waals surface area (Å²) in [5, 5.41) is 0. The van der Waals surface area contributed by atoms with Gasteiger partial charge in [0.15, 0.2) is 11.6 Å². The second kappa shape index (κ2) is 14.5. The molecule has 2 rings (SSSR count). The van der Waals surface area contributed by atoms with Crippen LogP contribution in [0.25, 0.3) is 11.4 Å². The van der Waals surface area contributed by atoms with E-state index in [0.29, 0.717) is 23.6 Å². The van der Waals surface area contributed by atoms with Crippen molar-refractivity contribution in [3.63, 3.8) is 0 Å². The standard InChI is InChI=1S/C26H32F8N2O2/c1-2-3-4-6-9-20(27)18-38-21-12-10-19(11-13-21)23-35-16-22(17-36-23)37-15-8-5-7-14-24(28,29)25(30,31)26(32,33)34/h10-13,16-17,20H,2-9,14-15,18H2,1H3/t20-/m0/s1. The van der Waals surface area contributed by atoms with E-state index in [-0.39, 0.29) is 31.8 Å². The number of aromatic nitrogens is 2. The molecule has 0 radical (unpaired) electrons.